The van der Waals surface area contributed by atoms with Crippen molar-refractivity contribution in [2.24, 2.45) is 0 Å². The van der Waals surface area contributed by atoms with Crippen molar-refractivity contribution in [2.75, 3.05) is 61.8 Å². The van der Waals surface area contributed by atoms with E-state index in [2.05, 4.69) is 41.1 Å². The molecular formula is C28H47N11O3. The normalized spacial score (nSPS) is 16.1. The highest BCUT2D eigenvalue weighted by atomic mass is 16.4. The molecule has 2 aliphatic rings. The zero-order valence-corrected chi connectivity index (χ0v) is 24.6. The van der Waals surface area contributed by atoms with E-state index in [1.807, 2.05) is 10.9 Å². The molecule has 1 aliphatic heterocycles. The summed E-state index contributed by atoms with van der Waals surface area (Å²) >= 11 is 0. The van der Waals surface area contributed by atoms with Crippen LogP contribution in [0.4, 0.5) is 17.6 Å². The number of carbonyl (C=O) groups excluding carboxylic acids is 1. The van der Waals surface area contributed by atoms with Gasteiger partial charge >= 0.3 is 5.97 Å². The number of rotatable bonds is 17. The molecular weight excluding hydrogens is 538 g/mol. The molecule has 4 rings (SSSR count). The number of aromatic nitrogens is 5. The summed E-state index contributed by atoms with van der Waals surface area (Å²) in [6, 6.07) is 2.46. The Labute approximate surface area is 247 Å². The molecule has 2 aromatic heterocycles. The van der Waals surface area contributed by atoms with Gasteiger partial charge in [0.15, 0.2) is 0 Å². The molecule has 0 radical (unpaired) electrons. The highest BCUT2D eigenvalue weighted by Gasteiger charge is 2.22. The van der Waals surface area contributed by atoms with Crippen molar-refractivity contribution in [3.8, 4) is 0 Å². The van der Waals surface area contributed by atoms with Gasteiger partial charge in [-0.15, -0.1) is 5.10 Å². The van der Waals surface area contributed by atoms with Crippen LogP contribution in [0.1, 0.15) is 69.9 Å². The summed E-state index contributed by atoms with van der Waals surface area (Å²) in [7, 11) is 0. The number of amides is 1. The van der Waals surface area contributed by atoms with Gasteiger partial charge in [-0.25, -0.2) is 0 Å². The predicted molar refractivity (Wildman–Crippen MR) is 161 cm³/mol. The van der Waals surface area contributed by atoms with E-state index in [1.165, 1.54) is 32.1 Å². The molecule has 6 N–H and O–H groups in total. The lowest BCUT2D eigenvalue weighted by Gasteiger charge is -2.35. The molecule has 0 spiro atoms. The molecule has 3 heterocycles. The van der Waals surface area contributed by atoms with Gasteiger partial charge in [0.25, 0.3) is 0 Å². The van der Waals surface area contributed by atoms with Crippen molar-refractivity contribution in [3.63, 3.8) is 0 Å². The zero-order chi connectivity index (χ0) is 29.6. The summed E-state index contributed by atoms with van der Waals surface area (Å²) < 4.78 is 1.86. The Hall–Kier alpha value is -3.52. The van der Waals surface area contributed by atoms with Crippen molar-refractivity contribution < 1.29 is 14.7 Å². The van der Waals surface area contributed by atoms with E-state index in [0.29, 0.717) is 56.7 Å². The van der Waals surface area contributed by atoms with Crippen LogP contribution in [-0.2, 0) is 22.7 Å². The quantitative estimate of drug-likeness (QED) is 0.169. The van der Waals surface area contributed by atoms with Gasteiger partial charge in [-0.2, -0.15) is 9.97 Å². The molecule has 2 aromatic rings. The lowest BCUT2D eigenvalue weighted by molar-refractivity contribution is -0.137. The Balaban J connectivity index is 1.11. The maximum atomic E-state index is 12.4. The van der Waals surface area contributed by atoms with Crippen molar-refractivity contribution in [1.82, 2.24) is 40.5 Å². The third-order valence-corrected chi connectivity index (χ3v) is 7.79. The molecule has 2 fully saturated rings. The van der Waals surface area contributed by atoms with Crippen LogP contribution >= 0.6 is 0 Å². The molecule has 1 aliphatic carbocycles. The average Bonchev–Trinajstić information content (AvgIpc) is 3.45. The molecule has 42 heavy (non-hydrogen) atoms. The first-order valence-electron chi connectivity index (χ1n) is 15.4. The second-order valence-corrected chi connectivity index (χ2v) is 11.2. The summed E-state index contributed by atoms with van der Waals surface area (Å²) in [5.74, 6) is 0.574. The zero-order valence-electron chi connectivity index (χ0n) is 24.6. The first-order chi connectivity index (χ1) is 20.5. The fourth-order valence-electron chi connectivity index (χ4n) is 5.44. The van der Waals surface area contributed by atoms with Gasteiger partial charge in [0.2, 0.25) is 11.9 Å². The lowest BCUT2D eigenvalue weighted by Crippen LogP contribution is -2.49. The fourth-order valence-corrected chi connectivity index (χ4v) is 5.44. The van der Waals surface area contributed by atoms with Gasteiger partial charge < -0.3 is 36.6 Å². The van der Waals surface area contributed by atoms with E-state index >= 15 is 0 Å². The van der Waals surface area contributed by atoms with Crippen LogP contribution in [0.2, 0.25) is 0 Å². The maximum absolute atomic E-state index is 12.4. The Morgan fingerprint density at radius 1 is 0.976 bits per heavy atom. The molecule has 14 nitrogen and oxygen atoms in total. The Kier molecular flexibility index (Phi) is 12.6. The number of nitrogens with zero attached hydrogens (tertiary/aromatic N) is 7. The Morgan fingerprint density at radius 3 is 2.55 bits per heavy atom. The van der Waals surface area contributed by atoms with E-state index in [-0.39, 0.29) is 18.7 Å². The molecule has 0 bridgehead atoms. The number of hydrogen-bond donors (Lipinski definition) is 5. The number of anilines is 3. The minimum atomic E-state index is -0.880. The molecule has 0 unspecified atom stereocenters. The maximum Gasteiger partial charge on any atom is 0.303 e. The van der Waals surface area contributed by atoms with Crippen molar-refractivity contribution in [3.05, 3.63) is 18.0 Å². The van der Waals surface area contributed by atoms with Gasteiger partial charge in [0.1, 0.15) is 17.3 Å². The second-order valence-electron chi connectivity index (χ2n) is 11.2. The van der Waals surface area contributed by atoms with Gasteiger partial charge in [-0.05, 0) is 51.7 Å². The summed E-state index contributed by atoms with van der Waals surface area (Å²) in [6.07, 6.45) is 11.5. The largest absolute Gasteiger partial charge is 0.481 e. The van der Waals surface area contributed by atoms with E-state index < -0.39 is 5.97 Å². The number of carbonyl (C=O) groups is 2. The summed E-state index contributed by atoms with van der Waals surface area (Å²) in [5.41, 5.74) is 6.85. The lowest BCUT2D eigenvalue weighted by atomic mass is 9.95. The Bertz CT molecular complexity index is 1110. The van der Waals surface area contributed by atoms with Crippen LogP contribution in [0, 0.1) is 0 Å². The fraction of sp³-hybridized carbons (Fsp3) is 0.714. The topological polar surface area (TPSA) is 179 Å². The molecule has 0 aromatic carbocycles. The summed E-state index contributed by atoms with van der Waals surface area (Å²) in [5, 5.41) is 27.7. The summed E-state index contributed by atoms with van der Waals surface area (Å²) in [6.45, 7) is 6.61. The van der Waals surface area contributed by atoms with Gasteiger partial charge in [-0.3, -0.25) is 14.3 Å². The molecule has 14 heteroatoms. The smallest absolute Gasteiger partial charge is 0.303 e. The number of nitrogens with two attached hydrogens (primary N) is 1. The number of nitrogen functional groups attached to an aromatic ring is 1. The van der Waals surface area contributed by atoms with Crippen molar-refractivity contribution >= 4 is 29.5 Å². The van der Waals surface area contributed by atoms with E-state index in [0.717, 1.165) is 50.8 Å². The standard InChI is InChI=1S/C28H47N11O3/c29-24-19-25(37-15-17-38(18-16-37)26(40)9-4-10-27(41)42)34-28(33-24)32-20-23-21-39(36-35-23)14-6-12-30-11-5-13-31-22-7-2-1-3-8-22/h19,21-22,30-31H,1-18,20H2,(H,41,42)(H3,29,32,33,34). The molecule has 1 amide bonds. The highest BCUT2D eigenvalue weighted by Crippen LogP contribution is 2.19. The number of aliphatic carboxylic acids is 1. The van der Waals surface area contributed by atoms with Gasteiger partial charge in [-0.1, -0.05) is 24.5 Å². The number of aryl methyl sites for hydroxylation is 1. The molecule has 0 atom stereocenters. The van der Waals surface area contributed by atoms with Gasteiger partial charge in [0.05, 0.1) is 12.7 Å². The number of nitrogens with one attached hydrogen (secondary N) is 3. The average molecular weight is 586 g/mol. The number of carboxylic acids is 1. The van der Waals surface area contributed by atoms with Crippen LogP contribution in [0.15, 0.2) is 12.3 Å². The predicted octanol–water partition coefficient (Wildman–Crippen LogP) is 1.46. The van der Waals surface area contributed by atoms with Crippen LogP contribution < -0.4 is 26.6 Å². The second kappa shape index (κ2) is 16.8. The number of hydrogen-bond acceptors (Lipinski definition) is 11. The van der Waals surface area contributed by atoms with Crippen molar-refractivity contribution in [1.29, 1.82) is 0 Å². The van der Waals surface area contributed by atoms with Crippen LogP contribution in [0.5, 0.6) is 0 Å². The van der Waals surface area contributed by atoms with E-state index in [4.69, 9.17) is 10.8 Å². The monoisotopic (exact) mass is 585 g/mol. The molecule has 1 saturated heterocycles. The minimum absolute atomic E-state index is 0.00794. The first-order valence-corrected chi connectivity index (χ1v) is 15.4. The molecule has 232 valence electrons. The molecule has 1 saturated carbocycles. The van der Waals surface area contributed by atoms with Crippen LogP contribution in [0.25, 0.3) is 0 Å². The number of carboxylic acid groups (broad SMARTS) is 1. The van der Waals surface area contributed by atoms with Gasteiger partial charge in [0, 0.05) is 57.7 Å². The third kappa shape index (κ3) is 10.7. The minimum Gasteiger partial charge on any atom is -0.481 e. The SMILES string of the molecule is Nc1cc(N2CCN(C(=O)CCCC(=O)O)CC2)nc(NCc2cn(CCCNCCCNC3CCCCC3)nn2)n1. The number of piperazine rings is 1. The van der Waals surface area contributed by atoms with Crippen LogP contribution in [-0.4, -0.2) is 98.7 Å². The van der Waals surface area contributed by atoms with Crippen molar-refractivity contribution in [2.45, 2.75) is 83.3 Å². The van der Waals surface area contributed by atoms with E-state index in [1.54, 1.807) is 11.0 Å². The first kappa shape index (κ1) is 31.4. The van der Waals surface area contributed by atoms with Crippen LogP contribution in [0.3, 0.4) is 0 Å². The highest BCUT2D eigenvalue weighted by molar-refractivity contribution is 5.77. The third-order valence-electron chi connectivity index (χ3n) is 7.79. The summed E-state index contributed by atoms with van der Waals surface area (Å²) in [4.78, 5) is 35.8. The van der Waals surface area contributed by atoms with E-state index in [9.17, 15) is 9.59 Å². The Morgan fingerprint density at radius 2 is 1.76 bits per heavy atom.